The fourth-order valence-electron chi connectivity index (χ4n) is 9.42. The number of carbonyl (C=O) groups excluding carboxylic acids is 1. The van der Waals surface area contributed by atoms with Crippen LogP contribution in [0.25, 0.3) is 0 Å². The molecule has 4 aliphatic carbocycles. The minimum Gasteiger partial charge on any atom is -0.287 e. The zero-order valence-electron chi connectivity index (χ0n) is 24.2. The molecule has 3 fully saturated rings. The van der Waals surface area contributed by atoms with Gasteiger partial charge in [0.1, 0.15) is 0 Å². The Morgan fingerprint density at radius 3 is 2.51 bits per heavy atom. The first-order chi connectivity index (χ1) is 16.6. The van der Waals surface area contributed by atoms with E-state index >= 15 is 0 Å². The van der Waals surface area contributed by atoms with Crippen molar-refractivity contribution in [2.75, 3.05) is 0 Å². The first-order valence-electron chi connectivity index (χ1n) is 15.5. The maximum absolute atomic E-state index is 12.6. The number of hydrogen-bond donors (Lipinski definition) is 0. The summed E-state index contributed by atoms with van der Waals surface area (Å²) in [4.78, 5) is 12.6. The van der Waals surface area contributed by atoms with Crippen LogP contribution in [0, 0.1) is 52.3 Å². The highest BCUT2D eigenvalue weighted by Crippen LogP contribution is 2.67. The van der Waals surface area contributed by atoms with Crippen molar-refractivity contribution in [2.24, 2.45) is 52.3 Å². The van der Waals surface area contributed by atoms with Gasteiger partial charge in [-0.2, -0.15) is 0 Å². The summed E-state index contributed by atoms with van der Waals surface area (Å²) in [7, 11) is 0. The smallest absolute Gasteiger partial charge is 0.189 e. The Labute approximate surface area is 222 Å². The molecule has 0 bridgehead atoms. The molecule has 1 nitrogen and oxygen atoms in total. The fraction of sp³-hybridized carbons (Fsp3) is 0.909. The van der Waals surface area contributed by atoms with Crippen LogP contribution in [0.5, 0.6) is 0 Å². The molecule has 0 N–H and O–H groups in total. The highest BCUT2D eigenvalue weighted by Gasteiger charge is 2.59. The fourth-order valence-corrected chi connectivity index (χ4v) is 10.7. The maximum Gasteiger partial charge on any atom is 0.189 e. The van der Waals surface area contributed by atoms with Gasteiger partial charge in [-0.15, -0.1) is 0 Å². The van der Waals surface area contributed by atoms with Crippen molar-refractivity contribution in [3.63, 3.8) is 0 Å². The summed E-state index contributed by atoms with van der Waals surface area (Å²) in [6.07, 6.45) is 19.8. The van der Waals surface area contributed by atoms with Gasteiger partial charge in [0.2, 0.25) is 0 Å². The molecule has 0 saturated heterocycles. The number of thioether (sulfide) groups is 1. The Hall–Kier alpha value is -0.240. The van der Waals surface area contributed by atoms with Gasteiger partial charge in [-0.25, -0.2) is 0 Å². The molecule has 2 heteroatoms. The molecule has 0 radical (unpaired) electrons. The number of carbonyl (C=O) groups is 1. The van der Waals surface area contributed by atoms with Crippen LogP contribution in [0.1, 0.15) is 132 Å². The Morgan fingerprint density at radius 2 is 1.80 bits per heavy atom. The minimum atomic E-state index is 0.405. The Kier molecular flexibility index (Phi) is 8.93. The average molecular weight is 501 g/mol. The third-order valence-corrected chi connectivity index (χ3v) is 12.9. The second kappa shape index (κ2) is 11.2. The largest absolute Gasteiger partial charge is 0.287 e. The second-order valence-electron chi connectivity index (χ2n) is 14.4. The molecule has 0 amide bonds. The summed E-state index contributed by atoms with van der Waals surface area (Å²) < 4.78 is 0. The lowest BCUT2D eigenvalue weighted by atomic mass is 9.47. The van der Waals surface area contributed by atoms with E-state index in [1.807, 2.05) is 0 Å². The van der Waals surface area contributed by atoms with Gasteiger partial charge in [0.15, 0.2) is 5.12 Å². The van der Waals surface area contributed by atoms with Crippen LogP contribution >= 0.6 is 11.8 Å². The van der Waals surface area contributed by atoms with E-state index in [1.165, 1.54) is 70.6 Å². The zero-order valence-corrected chi connectivity index (χ0v) is 25.0. The standard InChI is InChI=1S/C33H56OS/c1-8-23(4)20-31(34)35-26-16-18-32(6)25(21-26)12-13-27-29-15-14-28(24(5)11-9-10-22(2)3)33(29,7)19-17-30(27)32/h12,22-24,26-30H,8-11,13-21H2,1-7H3/t23-,24+,26-,27+,28-,29+,30+,32+,33-/m1/s1. The van der Waals surface area contributed by atoms with Gasteiger partial charge in [-0.05, 0) is 104 Å². The molecular weight excluding hydrogens is 444 g/mol. The number of fused-ring (bicyclic) bond motifs is 5. The lowest BCUT2D eigenvalue weighted by Crippen LogP contribution is -2.50. The van der Waals surface area contributed by atoms with Crippen LogP contribution in [-0.2, 0) is 4.79 Å². The molecule has 0 aromatic rings. The molecule has 35 heavy (non-hydrogen) atoms. The normalized spacial score (nSPS) is 40.5. The zero-order chi connectivity index (χ0) is 25.4. The van der Waals surface area contributed by atoms with Crippen molar-refractivity contribution in [3.05, 3.63) is 11.6 Å². The van der Waals surface area contributed by atoms with E-state index < -0.39 is 0 Å². The molecule has 4 aliphatic rings. The molecule has 0 aromatic carbocycles. The summed E-state index contributed by atoms with van der Waals surface area (Å²) in [5, 5.41) is 0.967. The molecule has 0 heterocycles. The van der Waals surface area contributed by atoms with E-state index in [0.717, 1.165) is 48.3 Å². The van der Waals surface area contributed by atoms with E-state index in [0.29, 0.717) is 27.1 Å². The third-order valence-electron chi connectivity index (χ3n) is 11.8. The molecule has 0 spiro atoms. The molecule has 200 valence electrons. The highest BCUT2D eigenvalue weighted by atomic mass is 32.2. The maximum atomic E-state index is 12.6. The van der Waals surface area contributed by atoms with E-state index in [1.54, 1.807) is 17.3 Å². The molecule has 0 aliphatic heterocycles. The SMILES string of the molecule is CC[C@@H](C)CC(=O)S[C@@H]1CC[C@@]2(C)C(=CC[C@H]3[C@@H]4CC[C@H]([C@@H](C)CCCC(C)C)[C@@]4(C)CC[C@@H]32)C1. The molecule has 0 unspecified atom stereocenters. The van der Waals surface area contributed by atoms with Crippen molar-refractivity contribution in [1.29, 1.82) is 0 Å². The predicted octanol–water partition coefficient (Wildman–Crippen LogP) is 10.1. The summed E-state index contributed by atoms with van der Waals surface area (Å²) in [6.45, 7) is 17.1. The molecule has 3 saturated carbocycles. The minimum absolute atomic E-state index is 0.405. The van der Waals surface area contributed by atoms with Crippen LogP contribution in [0.4, 0.5) is 0 Å². The third kappa shape index (κ3) is 5.63. The van der Waals surface area contributed by atoms with Crippen LogP contribution < -0.4 is 0 Å². The van der Waals surface area contributed by atoms with E-state index in [4.69, 9.17) is 0 Å². The van der Waals surface area contributed by atoms with Gasteiger partial charge in [-0.1, -0.05) is 97.6 Å². The van der Waals surface area contributed by atoms with Gasteiger partial charge in [0, 0.05) is 11.7 Å². The van der Waals surface area contributed by atoms with E-state index in [2.05, 4.69) is 54.5 Å². The highest BCUT2D eigenvalue weighted by molar-refractivity contribution is 8.14. The second-order valence-corrected chi connectivity index (χ2v) is 15.7. The summed E-state index contributed by atoms with van der Waals surface area (Å²) in [6, 6.07) is 0. The average Bonchev–Trinajstić information content (AvgIpc) is 3.16. The number of allylic oxidation sites excluding steroid dienone is 2. The topological polar surface area (TPSA) is 17.1 Å². The quantitative estimate of drug-likeness (QED) is 0.293. The van der Waals surface area contributed by atoms with Gasteiger partial charge in [-0.3, -0.25) is 4.79 Å². The van der Waals surface area contributed by atoms with Crippen molar-refractivity contribution >= 4 is 16.9 Å². The number of hydrogen-bond acceptors (Lipinski definition) is 2. The lowest BCUT2D eigenvalue weighted by Gasteiger charge is -2.58. The van der Waals surface area contributed by atoms with Crippen molar-refractivity contribution < 1.29 is 4.79 Å². The predicted molar refractivity (Wildman–Crippen MR) is 154 cm³/mol. The van der Waals surface area contributed by atoms with Crippen LogP contribution in [0.3, 0.4) is 0 Å². The van der Waals surface area contributed by atoms with Crippen molar-refractivity contribution in [2.45, 2.75) is 137 Å². The summed E-state index contributed by atoms with van der Waals surface area (Å²) in [5.74, 6) is 5.96. The van der Waals surface area contributed by atoms with Gasteiger partial charge < -0.3 is 0 Å². The van der Waals surface area contributed by atoms with Crippen molar-refractivity contribution in [1.82, 2.24) is 0 Å². The van der Waals surface area contributed by atoms with Crippen LogP contribution in [0.2, 0.25) is 0 Å². The first kappa shape index (κ1) is 27.8. The van der Waals surface area contributed by atoms with E-state index in [-0.39, 0.29) is 0 Å². The molecule has 4 rings (SSSR count). The Morgan fingerprint density at radius 1 is 1.03 bits per heavy atom. The molecule has 0 aromatic heterocycles. The monoisotopic (exact) mass is 500 g/mol. The number of rotatable bonds is 9. The molecular formula is C33H56OS. The Balaban J connectivity index is 1.41. The Bertz CT molecular complexity index is 769. The van der Waals surface area contributed by atoms with Crippen LogP contribution in [0.15, 0.2) is 11.6 Å². The lowest BCUT2D eigenvalue weighted by molar-refractivity contribution is -0.111. The summed E-state index contributed by atoms with van der Waals surface area (Å²) >= 11 is 1.69. The van der Waals surface area contributed by atoms with Gasteiger partial charge in [0.05, 0.1) is 0 Å². The van der Waals surface area contributed by atoms with Crippen LogP contribution in [-0.4, -0.2) is 10.4 Å². The summed E-state index contributed by atoms with van der Waals surface area (Å²) in [5.41, 5.74) is 2.72. The van der Waals surface area contributed by atoms with Gasteiger partial charge >= 0.3 is 0 Å². The van der Waals surface area contributed by atoms with Crippen molar-refractivity contribution in [3.8, 4) is 0 Å². The van der Waals surface area contributed by atoms with E-state index in [9.17, 15) is 4.79 Å². The first-order valence-corrected chi connectivity index (χ1v) is 16.3. The molecule has 9 atom stereocenters. The van der Waals surface area contributed by atoms with Gasteiger partial charge in [0.25, 0.3) is 0 Å².